The SMILES string of the molecule is Cl.Nc1cccc(C(=O)N2CCCC(c3ccccc3)CC2)c1. The summed E-state index contributed by atoms with van der Waals surface area (Å²) in [5.41, 5.74) is 8.51. The second-order valence-corrected chi connectivity index (χ2v) is 5.96. The highest BCUT2D eigenvalue weighted by Crippen LogP contribution is 2.28. The molecule has 1 amide bonds. The molecule has 23 heavy (non-hydrogen) atoms. The molecule has 3 nitrogen and oxygen atoms in total. The summed E-state index contributed by atoms with van der Waals surface area (Å²) in [5.74, 6) is 0.654. The third-order valence-corrected chi connectivity index (χ3v) is 4.42. The van der Waals surface area contributed by atoms with E-state index < -0.39 is 0 Å². The number of nitrogens with zero attached hydrogens (tertiary/aromatic N) is 1. The molecule has 4 heteroatoms. The maximum absolute atomic E-state index is 12.6. The first kappa shape index (κ1) is 17.4. The minimum Gasteiger partial charge on any atom is -0.399 e. The first-order valence-corrected chi connectivity index (χ1v) is 7.94. The minimum absolute atomic E-state index is 0. The van der Waals surface area contributed by atoms with Crippen LogP contribution in [0.3, 0.4) is 0 Å². The van der Waals surface area contributed by atoms with Gasteiger partial charge in [0, 0.05) is 24.3 Å². The lowest BCUT2D eigenvalue weighted by Crippen LogP contribution is -2.32. The number of nitrogen functional groups attached to an aromatic ring is 1. The number of hydrogen-bond acceptors (Lipinski definition) is 2. The molecule has 0 saturated carbocycles. The Morgan fingerprint density at radius 1 is 1.00 bits per heavy atom. The summed E-state index contributed by atoms with van der Waals surface area (Å²) < 4.78 is 0. The van der Waals surface area contributed by atoms with E-state index >= 15 is 0 Å². The van der Waals surface area contributed by atoms with Gasteiger partial charge in [-0.25, -0.2) is 0 Å². The maximum Gasteiger partial charge on any atom is 0.253 e. The molecule has 0 bridgehead atoms. The number of carbonyl (C=O) groups is 1. The number of hydrogen-bond donors (Lipinski definition) is 1. The van der Waals surface area contributed by atoms with Crippen LogP contribution in [-0.4, -0.2) is 23.9 Å². The van der Waals surface area contributed by atoms with Crippen LogP contribution in [0, 0.1) is 0 Å². The lowest BCUT2D eigenvalue weighted by molar-refractivity contribution is 0.0761. The minimum atomic E-state index is 0. The highest BCUT2D eigenvalue weighted by molar-refractivity contribution is 5.95. The summed E-state index contributed by atoms with van der Waals surface area (Å²) in [5, 5.41) is 0. The van der Waals surface area contributed by atoms with Gasteiger partial charge < -0.3 is 10.6 Å². The highest BCUT2D eigenvalue weighted by atomic mass is 35.5. The van der Waals surface area contributed by atoms with E-state index in [1.54, 1.807) is 6.07 Å². The molecule has 1 atom stereocenters. The van der Waals surface area contributed by atoms with E-state index in [0.29, 0.717) is 17.2 Å². The molecule has 1 unspecified atom stereocenters. The first-order valence-electron chi connectivity index (χ1n) is 7.94. The number of anilines is 1. The molecule has 1 fully saturated rings. The number of likely N-dealkylation sites (tertiary alicyclic amines) is 1. The predicted molar refractivity (Wildman–Crippen MR) is 97.0 cm³/mol. The van der Waals surface area contributed by atoms with Gasteiger partial charge in [-0.3, -0.25) is 4.79 Å². The van der Waals surface area contributed by atoms with Crippen molar-refractivity contribution in [1.82, 2.24) is 4.90 Å². The van der Waals surface area contributed by atoms with Crippen molar-refractivity contribution in [2.45, 2.75) is 25.2 Å². The molecule has 0 spiro atoms. The average molecular weight is 331 g/mol. The van der Waals surface area contributed by atoms with Crippen molar-refractivity contribution in [2.75, 3.05) is 18.8 Å². The molecule has 1 aliphatic rings. The van der Waals surface area contributed by atoms with E-state index in [9.17, 15) is 4.79 Å². The van der Waals surface area contributed by atoms with Crippen molar-refractivity contribution < 1.29 is 4.79 Å². The molecule has 1 heterocycles. The van der Waals surface area contributed by atoms with Gasteiger partial charge in [-0.1, -0.05) is 36.4 Å². The lowest BCUT2D eigenvalue weighted by Gasteiger charge is -2.21. The van der Waals surface area contributed by atoms with Crippen molar-refractivity contribution in [1.29, 1.82) is 0 Å². The third-order valence-electron chi connectivity index (χ3n) is 4.42. The van der Waals surface area contributed by atoms with Crippen LogP contribution in [0.1, 0.15) is 41.1 Å². The van der Waals surface area contributed by atoms with Crippen molar-refractivity contribution in [3.63, 3.8) is 0 Å². The number of benzene rings is 2. The molecule has 0 aliphatic carbocycles. The fraction of sp³-hybridized carbons (Fsp3) is 0.316. The zero-order chi connectivity index (χ0) is 15.4. The van der Waals surface area contributed by atoms with Gasteiger partial charge in [0.15, 0.2) is 0 Å². The molecule has 122 valence electrons. The predicted octanol–water partition coefficient (Wildman–Crippen LogP) is 4.10. The summed E-state index contributed by atoms with van der Waals surface area (Å²) in [6, 6.07) is 17.9. The van der Waals surface area contributed by atoms with E-state index in [2.05, 4.69) is 30.3 Å². The van der Waals surface area contributed by atoms with Crippen molar-refractivity contribution in [2.24, 2.45) is 0 Å². The maximum atomic E-state index is 12.6. The zero-order valence-electron chi connectivity index (χ0n) is 13.2. The van der Waals surface area contributed by atoms with Gasteiger partial charge in [-0.05, 0) is 48.9 Å². The fourth-order valence-electron chi connectivity index (χ4n) is 3.21. The Balaban J connectivity index is 0.00000192. The van der Waals surface area contributed by atoms with Crippen molar-refractivity contribution in [3.8, 4) is 0 Å². The number of amides is 1. The molecular weight excluding hydrogens is 308 g/mol. The van der Waals surface area contributed by atoms with Crippen LogP contribution in [-0.2, 0) is 0 Å². The number of nitrogens with two attached hydrogens (primary N) is 1. The van der Waals surface area contributed by atoms with Gasteiger partial charge in [0.05, 0.1) is 0 Å². The molecule has 2 N–H and O–H groups in total. The van der Waals surface area contributed by atoms with Crippen molar-refractivity contribution >= 4 is 24.0 Å². The second-order valence-electron chi connectivity index (χ2n) is 5.96. The molecule has 0 radical (unpaired) electrons. The summed E-state index contributed by atoms with van der Waals surface area (Å²) in [6.07, 6.45) is 3.22. The van der Waals surface area contributed by atoms with Crippen LogP contribution in [0.4, 0.5) is 5.69 Å². The molecule has 3 rings (SSSR count). The highest BCUT2D eigenvalue weighted by Gasteiger charge is 2.22. The number of halogens is 1. The Morgan fingerprint density at radius 3 is 2.52 bits per heavy atom. The Bertz CT molecular complexity index is 645. The first-order chi connectivity index (χ1) is 10.7. The molecule has 2 aromatic carbocycles. The number of carbonyl (C=O) groups excluding carboxylic acids is 1. The van der Waals surface area contributed by atoms with Gasteiger partial charge in [-0.2, -0.15) is 0 Å². The Hall–Kier alpha value is -2.00. The van der Waals surface area contributed by atoms with Crippen LogP contribution in [0.25, 0.3) is 0 Å². The summed E-state index contributed by atoms with van der Waals surface area (Å²) >= 11 is 0. The van der Waals surface area contributed by atoms with E-state index in [0.717, 1.165) is 32.4 Å². The molecule has 0 aromatic heterocycles. The quantitative estimate of drug-likeness (QED) is 0.843. The lowest BCUT2D eigenvalue weighted by atomic mass is 9.92. The Labute approximate surface area is 143 Å². The second kappa shape index (κ2) is 8.02. The monoisotopic (exact) mass is 330 g/mol. The van der Waals surface area contributed by atoms with Crippen LogP contribution in [0.15, 0.2) is 54.6 Å². The molecular formula is C19H23ClN2O. The van der Waals surface area contributed by atoms with Gasteiger partial charge in [0.25, 0.3) is 5.91 Å². The summed E-state index contributed by atoms with van der Waals surface area (Å²) in [7, 11) is 0. The van der Waals surface area contributed by atoms with E-state index in [4.69, 9.17) is 5.73 Å². The molecule has 1 aliphatic heterocycles. The largest absolute Gasteiger partial charge is 0.399 e. The molecule has 2 aromatic rings. The number of rotatable bonds is 2. The summed E-state index contributed by atoms with van der Waals surface area (Å²) in [4.78, 5) is 14.6. The van der Waals surface area contributed by atoms with Gasteiger partial charge >= 0.3 is 0 Å². The van der Waals surface area contributed by atoms with Crippen LogP contribution >= 0.6 is 12.4 Å². The Morgan fingerprint density at radius 2 is 1.78 bits per heavy atom. The van der Waals surface area contributed by atoms with Crippen LogP contribution in [0.2, 0.25) is 0 Å². The normalized spacial score (nSPS) is 17.9. The Kier molecular flexibility index (Phi) is 6.05. The van der Waals surface area contributed by atoms with Crippen molar-refractivity contribution in [3.05, 3.63) is 65.7 Å². The smallest absolute Gasteiger partial charge is 0.253 e. The van der Waals surface area contributed by atoms with Crippen LogP contribution < -0.4 is 5.73 Å². The van der Waals surface area contributed by atoms with Gasteiger partial charge in [-0.15, -0.1) is 12.4 Å². The molecule has 1 saturated heterocycles. The van der Waals surface area contributed by atoms with Gasteiger partial charge in [0.2, 0.25) is 0 Å². The third kappa shape index (κ3) is 4.26. The average Bonchev–Trinajstić information content (AvgIpc) is 2.81. The van der Waals surface area contributed by atoms with E-state index in [1.165, 1.54) is 5.56 Å². The van der Waals surface area contributed by atoms with Gasteiger partial charge in [0.1, 0.15) is 0 Å². The standard InChI is InChI=1S/C19H22N2O.ClH/c20-18-10-4-8-17(14-18)19(22)21-12-5-9-16(11-13-21)15-6-2-1-3-7-15;/h1-4,6-8,10,14,16H,5,9,11-13,20H2;1H. The zero-order valence-corrected chi connectivity index (χ0v) is 14.0. The summed E-state index contributed by atoms with van der Waals surface area (Å²) in [6.45, 7) is 1.64. The van der Waals surface area contributed by atoms with Crippen LogP contribution in [0.5, 0.6) is 0 Å². The van der Waals surface area contributed by atoms with E-state index in [1.807, 2.05) is 23.1 Å². The topological polar surface area (TPSA) is 46.3 Å². The fourth-order valence-corrected chi connectivity index (χ4v) is 3.21. The van der Waals surface area contributed by atoms with E-state index in [-0.39, 0.29) is 18.3 Å².